The second-order valence-corrected chi connectivity index (χ2v) is 5.17. The highest BCUT2D eigenvalue weighted by Gasteiger charge is 2.07. The summed E-state index contributed by atoms with van der Waals surface area (Å²) in [6.45, 7) is 0.864. The Kier molecular flexibility index (Phi) is 6.54. The zero-order chi connectivity index (χ0) is 17.2. The lowest BCUT2D eigenvalue weighted by molar-refractivity contribution is -0.117. The molecule has 5 heteroatoms. The van der Waals surface area contributed by atoms with Crippen LogP contribution in [-0.2, 0) is 17.8 Å². The minimum absolute atomic E-state index is 0.00479. The van der Waals surface area contributed by atoms with Crippen molar-refractivity contribution < 1.29 is 9.18 Å². The van der Waals surface area contributed by atoms with E-state index < -0.39 is 5.91 Å². The van der Waals surface area contributed by atoms with Gasteiger partial charge in [0, 0.05) is 19.3 Å². The fourth-order valence-electron chi connectivity index (χ4n) is 2.08. The smallest absolute Gasteiger partial charge is 0.263 e. The molecule has 0 bridgehead atoms. The van der Waals surface area contributed by atoms with E-state index in [9.17, 15) is 9.18 Å². The summed E-state index contributed by atoms with van der Waals surface area (Å²) in [5, 5.41) is 14.7. The van der Waals surface area contributed by atoms with E-state index in [2.05, 4.69) is 10.6 Å². The molecule has 0 radical (unpaired) electrons. The van der Waals surface area contributed by atoms with Gasteiger partial charge >= 0.3 is 0 Å². The van der Waals surface area contributed by atoms with Gasteiger partial charge in [0.1, 0.15) is 17.5 Å². The van der Waals surface area contributed by atoms with Crippen molar-refractivity contribution in [2.45, 2.75) is 13.0 Å². The highest BCUT2D eigenvalue weighted by atomic mass is 19.1. The largest absolute Gasteiger partial charge is 0.386 e. The van der Waals surface area contributed by atoms with Crippen molar-refractivity contribution in [2.24, 2.45) is 0 Å². The highest BCUT2D eigenvalue weighted by Crippen LogP contribution is 2.02. The van der Waals surface area contributed by atoms with Crippen LogP contribution in [0, 0.1) is 17.1 Å². The Bertz CT molecular complexity index is 733. The van der Waals surface area contributed by atoms with E-state index in [1.165, 1.54) is 18.3 Å². The Balaban J connectivity index is 1.80. The Morgan fingerprint density at radius 1 is 1.08 bits per heavy atom. The Morgan fingerprint density at radius 2 is 1.79 bits per heavy atom. The van der Waals surface area contributed by atoms with E-state index >= 15 is 0 Å². The number of nitrogens with one attached hydrogen (secondary N) is 2. The molecule has 2 rings (SSSR count). The van der Waals surface area contributed by atoms with Crippen molar-refractivity contribution in [1.82, 2.24) is 10.6 Å². The molecular weight excluding hydrogens is 305 g/mol. The fourth-order valence-corrected chi connectivity index (χ4v) is 2.08. The van der Waals surface area contributed by atoms with E-state index in [4.69, 9.17) is 5.26 Å². The summed E-state index contributed by atoms with van der Waals surface area (Å²) >= 11 is 0. The predicted octanol–water partition coefficient (Wildman–Crippen LogP) is 2.68. The van der Waals surface area contributed by atoms with Crippen LogP contribution in [0.1, 0.15) is 11.1 Å². The van der Waals surface area contributed by atoms with E-state index in [1.807, 2.05) is 36.4 Å². The van der Waals surface area contributed by atoms with Gasteiger partial charge in [-0.2, -0.15) is 5.26 Å². The minimum Gasteiger partial charge on any atom is -0.386 e. The molecule has 122 valence electrons. The van der Waals surface area contributed by atoms with Crippen molar-refractivity contribution in [3.8, 4) is 6.07 Å². The first kappa shape index (κ1) is 17.2. The molecule has 0 heterocycles. The summed E-state index contributed by atoms with van der Waals surface area (Å²) in [6, 6.07) is 17.7. The molecule has 0 aliphatic rings. The molecule has 0 fully saturated rings. The lowest BCUT2D eigenvalue weighted by Gasteiger charge is -2.05. The van der Waals surface area contributed by atoms with Gasteiger partial charge in [0.15, 0.2) is 0 Å². The first-order valence-corrected chi connectivity index (χ1v) is 7.59. The third-order valence-electron chi connectivity index (χ3n) is 3.37. The summed E-state index contributed by atoms with van der Waals surface area (Å²) in [5.74, 6) is -0.718. The number of nitriles is 1. The maximum atomic E-state index is 12.8. The summed E-state index contributed by atoms with van der Waals surface area (Å²) in [5.41, 5.74) is 1.98. The van der Waals surface area contributed by atoms with Gasteiger partial charge in [0.2, 0.25) is 0 Å². The van der Waals surface area contributed by atoms with Crippen molar-refractivity contribution in [3.05, 3.63) is 83.3 Å². The molecule has 0 unspecified atom stereocenters. The van der Waals surface area contributed by atoms with Gasteiger partial charge in [-0.05, 0) is 29.7 Å². The van der Waals surface area contributed by atoms with E-state index in [1.54, 1.807) is 12.1 Å². The monoisotopic (exact) mass is 323 g/mol. The fraction of sp³-hybridized carbons (Fsp3) is 0.158. The van der Waals surface area contributed by atoms with Crippen LogP contribution >= 0.6 is 0 Å². The third-order valence-corrected chi connectivity index (χ3v) is 3.37. The number of halogens is 1. The zero-order valence-electron chi connectivity index (χ0n) is 13.1. The van der Waals surface area contributed by atoms with Gasteiger partial charge in [-0.3, -0.25) is 4.79 Å². The number of carbonyl (C=O) groups is 1. The van der Waals surface area contributed by atoms with Crippen LogP contribution in [0.2, 0.25) is 0 Å². The molecular formula is C19H18FN3O. The Hall–Kier alpha value is -3.13. The average Bonchev–Trinajstić information content (AvgIpc) is 2.61. The molecule has 24 heavy (non-hydrogen) atoms. The van der Waals surface area contributed by atoms with E-state index in [-0.39, 0.29) is 11.4 Å². The maximum absolute atomic E-state index is 12.8. The Morgan fingerprint density at radius 3 is 2.46 bits per heavy atom. The molecule has 2 aromatic rings. The van der Waals surface area contributed by atoms with E-state index in [0.717, 1.165) is 11.1 Å². The molecule has 0 aromatic heterocycles. The number of nitrogens with zero attached hydrogens (tertiary/aromatic N) is 1. The summed E-state index contributed by atoms with van der Waals surface area (Å²) in [7, 11) is 0. The number of carbonyl (C=O) groups excluding carboxylic acids is 1. The van der Waals surface area contributed by atoms with Crippen LogP contribution in [0.15, 0.2) is 66.4 Å². The number of rotatable bonds is 7. The normalized spacial score (nSPS) is 10.8. The van der Waals surface area contributed by atoms with Crippen LogP contribution in [-0.4, -0.2) is 12.5 Å². The lowest BCUT2D eigenvalue weighted by Crippen LogP contribution is -2.27. The maximum Gasteiger partial charge on any atom is 0.263 e. The van der Waals surface area contributed by atoms with Gasteiger partial charge < -0.3 is 10.6 Å². The number of benzene rings is 2. The molecule has 0 aliphatic carbocycles. The van der Waals surface area contributed by atoms with Crippen LogP contribution < -0.4 is 10.6 Å². The minimum atomic E-state index is -0.417. The molecule has 0 spiro atoms. The van der Waals surface area contributed by atoms with Gasteiger partial charge in [-0.25, -0.2) is 4.39 Å². The molecule has 0 saturated carbocycles. The van der Waals surface area contributed by atoms with Gasteiger partial charge in [0.25, 0.3) is 5.91 Å². The van der Waals surface area contributed by atoms with Gasteiger partial charge in [-0.1, -0.05) is 42.5 Å². The Labute approximate surface area is 140 Å². The molecule has 2 N–H and O–H groups in total. The number of hydrogen-bond donors (Lipinski definition) is 2. The number of hydrogen-bond acceptors (Lipinski definition) is 3. The van der Waals surface area contributed by atoms with Crippen LogP contribution in [0.5, 0.6) is 0 Å². The topological polar surface area (TPSA) is 64.9 Å². The van der Waals surface area contributed by atoms with Crippen molar-refractivity contribution in [1.29, 1.82) is 5.26 Å². The van der Waals surface area contributed by atoms with Crippen molar-refractivity contribution in [3.63, 3.8) is 0 Å². The van der Waals surface area contributed by atoms with Gasteiger partial charge in [-0.15, -0.1) is 0 Å². The average molecular weight is 323 g/mol. The second-order valence-electron chi connectivity index (χ2n) is 5.17. The second kappa shape index (κ2) is 9.11. The van der Waals surface area contributed by atoms with Gasteiger partial charge in [0.05, 0.1) is 0 Å². The van der Waals surface area contributed by atoms with E-state index in [0.29, 0.717) is 19.5 Å². The quantitative estimate of drug-likeness (QED) is 0.608. The van der Waals surface area contributed by atoms with Crippen molar-refractivity contribution in [2.75, 3.05) is 6.54 Å². The SMILES string of the molecule is N#C/C(=C/NCc1ccc(F)cc1)C(=O)NCCc1ccccc1. The van der Waals surface area contributed by atoms with Crippen LogP contribution in [0.25, 0.3) is 0 Å². The molecule has 1 amide bonds. The summed E-state index contributed by atoms with van der Waals surface area (Å²) in [4.78, 5) is 12.0. The summed E-state index contributed by atoms with van der Waals surface area (Å²) < 4.78 is 12.8. The lowest BCUT2D eigenvalue weighted by atomic mass is 10.1. The molecule has 0 aliphatic heterocycles. The third kappa shape index (κ3) is 5.58. The molecule has 0 saturated heterocycles. The van der Waals surface area contributed by atoms with Crippen LogP contribution in [0.4, 0.5) is 4.39 Å². The molecule has 0 atom stereocenters. The number of amides is 1. The first-order chi connectivity index (χ1) is 11.7. The zero-order valence-corrected chi connectivity index (χ0v) is 13.1. The summed E-state index contributed by atoms with van der Waals surface area (Å²) in [6.07, 6.45) is 2.08. The predicted molar refractivity (Wildman–Crippen MR) is 90.1 cm³/mol. The van der Waals surface area contributed by atoms with Crippen molar-refractivity contribution >= 4 is 5.91 Å². The first-order valence-electron chi connectivity index (χ1n) is 7.59. The highest BCUT2D eigenvalue weighted by molar-refractivity contribution is 5.97. The van der Waals surface area contributed by atoms with Crippen LogP contribution in [0.3, 0.4) is 0 Å². The molecule has 2 aromatic carbocycles. The standard InChI is InChI=1S/C19H18FN3O/c20-18-8-6-16(7-9-18)13-22-14-17(12-21)19(24)23-11-10-15-4-2-1-3-5-15/h1-9,14,22H,10-11,13H2,(H,23,24)/b17-14-. The molecule has 4 nitrogen and oxygen atoms in total.